The van der Waals surface area contributed by atoms with E-state index in [9.17, 15) is 14.4 Å². The van der Waals surface area contributed by atoms with E-state index in [1.807, 2.05) is 44.3 Å². The fourth-order valence-electron chi connectivity index (χ4n) is 5.26. The second kappa shape index (κ2) is 12.9. The molecule has 1 fully saturated rings. The van der Waals surface area contributed by atoms with Crippen LogP contribution in [0.25, 0.3) is 0 Å². The predicted molar refractivity (Wildman–Crippen MR) is 149 cm³/mol. The summed E-state index contributed by atoms with van der Waals surface area (Å²) in [6, 6.07) is 24.3. The van der Waals surface area contributed by atoms with Gasteiger partial charge in [-0.15, -0.1) is 0 Å². The average molecular weight is 512 g/mol. The van der Waals surface area contributed by atoms with Crippen molar-refractivity contribution in [2.24, 2.45) is 10.9 Å². The summed E-state index contributed by atoms with van der Waals surface area (Å²) in [5.74, 6) is 0.682. The molecule has 1 atom stereocenters. The summed E-state index contributed by atoms with van der Waals surface area (Å²) in [4.78, 5) is 21.2. The first-order chi connectivity index (χ1) is 18.5. The largest absolute Gasteiger partial charge is 0.342 e. The minimum absolute atomic E-state index is 0.00533. The molecule has 0 aromatic heterocycles. The lowest BCUT2D eigenvalue weighted by atomic mass is 9.76. The predicted octanol–water partition coefficient (Wildman–Crippen LogP) is 5.91. The first-order valence-electron chi connectivity index (χ1n) is 13.2. The third-order valence-electron chi connectivity index (χ3n) is 7.24. The number of carbonyl (C=O) groups is 1. The third kappa shape index (κ3) is 6.38. The van der Waals surface area contributed by atoms with Gasteiger partial charge in [-0.1, -0.05) is 42.5 Å². The van der Waals surface area contributed by atoms with Crippen molar-refractivity contribution in [1.29, 1.82) is 5.26 Å². The smallest absolute Gasteiger partial charge is 0.253 e. The Balaban J connectivity index is 1.50. The van der Waals surface area contributed by atoms with E-state index >= 15 is 0 Å². The lowest BCUT2D eigenvalue weighted by Crippen LogP contribution is -2.44. The van der Waals surface area contributed by atoms with Crippen LogP contribution in [0.1, 0.15) is 54.1 Å². The number of hydrogen-bond donors (Lipinski definition) is 1. The number of nitriles is 1. The summed E-state index contributed by atoms with van der Waals surface area (Å²) < 4.78 is 14.1. The Morgan fingerprint density at radius 2 is 1.68 bits per heavy atom. The number of nitrogens with one attached hydrogen (secondary N) is 1. The van der Waals surface area contributed by atoms with Gasteiger partial charge in [0, 0.05) is 37.7 Å². The van der Waals surface area contributed by atoms with Crippen LogP contribution in [0.2, 0.25) is 0 Å². The Hall–Kier alpha value is -4.18. The first-order valence-corrected chi connectivity index (χ1v) is 13.2. The molecule has 1 aliphatic rings. The third-order valence-corrected chi connectivity index (χ3v) is 7.24. The van der Waals surface area contributed by atoms with Crippen molar-refractivity contribution in [1.82, 2.24) is 15.1 Å². The molecule has 0 spiro atoms. The zero-order chi connectivity index (χ0) is 26.9. The molecule has 38 heavy (non-hydrogen) atoms. The topological polar surface area (TPSA) is 71.7 Å². The number of aliphatic imine (C=N–C) groups is 1. The van der Waals surface area contributed by atoms with Crippen molar-refractivity contribution in [3.8, 4) is 6.19 Å². The summed E-state index contributed by atoms with van der Waals surface area (Å²) in [6.45, 7) is 6.68. The highest BCUT2D eigenvalue weighted by molar-refractivity contribution is 5.94. The summed E-state index contributed by atoms with van der Waals surface area (Å²) in [7, 11) is 0. The van der Waals surface area contributed by atoms with E-state index < -0.39 is 0 Å². The number of nitrogens with zero attached hydrogens (tertiary/aromatic N) is 4. The molecule has 1 aliphatic heterocycles. The number of piperidine rings is 1. The van der Waals surface area contributed by atoms with Gasteiger partial charge < -0.3 is 9.80 Å². The van der Waals surface area contributed by atoms with Crippen LogP contribution < -0.4 is 5.32 Å². The molecule has 0 bridgehead atoms. The van der Waals surface area contributed by atoms with Crippen molar-refractivity contribution in [3.63, 3.8) is 0 Å². The molecule has 3 aromatic rings. The number of hydrogen-bond acceptors (Lipinski definition) is 3. The maximum atomic E-state index is 14.1. The quantitative estimate of drug-likeness (QED) is 0.185. The van der Waals surface area contributed by atoms with E-state index in [0.717, 1.165) is 31.5 Å². The molecule has 0 radical (unpaired) electrons. The Morgan fingerprint density at radius 3 is 2.29 bits per heavy atom. The van der Waals surface area contributed by atoms with Crippen LogP contribution in [0.4, 0.5) is 10.1 Å². The SMILES string of the molecule is CCN(CC)C(=O)c1ccc(N=C(NC#N)N2CCC(C(c3ccccc3)c3cccc(F)c3)CC2)cc1. The highest BCUT2D eigenvalue weighted by Crippen LogP contribution is 2.38. The summed E-state index contributed by atoms with van der Waals surface area (Å²) in [6.07, 6.45) is 3.76. The molecule has 1 N–H and O–H groups in total. The number of likely N-dealkylation sites (tertiary alicyclic amines) is 1. The average Bonchev–Trinajstić information content (AvgIpc) is 2.95. The van der Waals surface area contributed by atoms with Gasteiger partial charge in [-0.2, -0.15) is 5.26 Å². The number of rotatable bonds is 7. The van der Waals surface area contributed by atoms with Crippen LogP contribution in [0.3, 0.4) is 0 Å². The molecule has 4 rings (SSSR count). The van der Waals surface area contributed by atoms with E-state index in [2.05, 4.69) is 27.3 Å². The number of halogens is 1. The summed E-state index contributed by atoms with van der Waals surface area (Å²) in [5, 5.41) is 12.1. The molecule has 1 unspecified atom stereocenters. The zero-order valence-electron chi connectivity index (χ0n) is 22.0. The van der Waals surface area contributed by atoms with E-state index in [4.69, 9.17) is 0 Å². The van der Waals surface area contributed by atoms with E-state index in [1.165, 1.54) is 11.6 Å². The normalized spacial score (nSPS) is 15.0. The Morgan fingerprint density at radius 1 is 1.03 bits per heavy atom. The molecule has 3 aromatic carbocycles. The molecule has 1 saturated heterocycles. The maximum absolute atomic E-state index is 14.1. The summed E-state index contributed by atoms with van der Waals surface area (Å²) >= 11 is 0. The maximum Gasteiger partial charge on any atom is 0.253 e. The van der Waals surface area contributed by atoms with Gasteiger partial charge in [0.2, 0.25) is 5.96 Å². The molecule has 0 aliphatic carbocycles. The Bertz CT molecular complexity index is 1270. The van der Waals surface area contributed by atoms with Gasteiger partial charge in [0.1, 0.15) is 5.82 Å². The Kier molecular flexibility index (Phi) is 9.10. The number of benzene rings is 3. The van der Waals surface area contributed by atoms with Gasteiger partial charge in [-0.05, 0) is 80.1 Å². The second-order valence-corrected chi connectivity index (χ2v) is 9.46. The molecule has 1 amide bonds. The van der Waals surface area contributed by atoms with Crippen molar-refractivity contribution >= 4 is 17.6 Å². The van der Waals surface area contributed by atoms with Gasteiger partial charge in [0.15, 0.2) is 6.19 Å². The molecular weight excluding hydrogens is 477 g/mol. The van der Waals surface area contributed by atoms with E-state index in [1.54, 1.807) is 41.3 Å². The molecule has 1 heterocycles. The van der Waals surface area contributed by atoms with Gasteiger partial charge in [-0.3, -0.25) is 10.1 Å². The number of carbonyl (C=O) groups excluding carboxylic acids is 1. The Labute approximate surface area is 224 Å². The molecule has 6 nitrogen and oxygen atoms in total. The minimum Gasteiger partial charge on any atom is -0.342 e. The van der Waals surface area contributed by atoms with Gasteiger partial charge >= 0.3 is 0 Å². The van der Waals surface area contributed by atoms with Crippen molar-refractivity contribution in [2.75, 3.05) is 26.2 Å². The van der Waals surface area contributed by atoms with Crippen LogP contribution in [0.15, 0.2) is 83.9 Å². The van der Waals surface area contributed by atoms with Crippen molar-refractivity contribution in [2.45, 2.75) is 32.6 Å². The highest BCUT2D eigenvalue weighted by atomic mass is 19.1. The lowest BCUT2D eigenvalue weighted by molar-refractivity contribution is 0.0773. The van der Waals surface area contributed by atoms with Crippen LogP contribution in [0, 0.1) is 23.2 Å². The van der Waals surface area contributed by atoms with Crippen LogP contribution in [-0.4, -0.2) is 47.8 Å². The molecule has 196 valence electrons. The van der Waals surface area contributed by atoms with Crippen LogP contribution >= 0.6 is 0 Å². The van der Waals surface area contributed by atoms with Crippen molar-refractivity contribution in [3.05, 3.63) is 101 Å². The van der Waals surface area contributed by atoms with Crippen LogP contribution in [-0.2, 0) is 0 Å². The van der Waals surface area contributed by atoms with E-state index in [0.29, 0.717) is 36.2 Å². The minimum atomic E-state index is -0.224. The zero-order valence-corrected chi connectivity index (χ0v) is 22.0. The standard InChI is InChI=1S/C31H34FN5O/c1-3-36(4-2)30(38)25-13-15-28(16-14-25)35-31(34-22-33)37-19-17-24(18-20-37)29(23-9-6-5-7-10-23)26-11-8-12-27(32)21-26/h5-16,21,24,29H,3-4,17-20H2,1-2H3,(H,34,35). The number of guanidine groups is 1. The van der Waals surface area contributed by atoms with E-state index in [-0.39, 0.29) is 17.6 Å². The van der Waals surface area contributed by atoms with Gasteiger partial charge in [-0.25, -0.2) is 9.38 Å². The molecule has 0 saturated carbocycles. The van der Waals surface area contributed by atoms with Gasteiger partial charge in [0.25, 0.3) is 5.91 Å². The molecule has 7 heteroatoms. The second-order valence-electron chi connectivity index (χ2n) is 9.46. The monoisotopic (exact) mass is 511 g/mol. The fraction of sp³-hybridized carbons (Fsp3) is 0.323. The highest BCUT2D eigenvalue weighted by Gasteiger charge is 2.30. The summed E-state index contributed by atoms with van der Waals surface area (Å²) in [5.41, 5.74) is 3.45. The lowest BCUT2D eigenvalue weighted by Gasteiger charge is -2.37. The molecular formula is C31H34FN5O. The number of amides is 1. The fourth-order valence-corrected chi connectivity index (χ4v) is 5.26. The first kappa shape index (κ1) is 26.9. The van der Waals surface area contributed by atoms with Crippen molar-refractivity contribution < 1.29 is 9.18 Å². The van der Waals surface area contributed by atoms with Crippen LogP contribution in [0.5, 0.6) is 0 Å². The van der Waals surface area contributed by atoms with Gasteiger partial charge in [0.05, 0.1) is 5.69 Å².